The van der Waals surface area contributed by atoms with Gasteiger partial charge in [-0.2, -0.15) is 0 Å². The Hall–Kier alpha value is -2.12. The highest BCUT2D eigenvalue weighted by atomic mass is 16.4. The Morgan fingerprint density at radius 1 is 0.581 bits per heavy atom. The van der Waals surface area contributed by atoms with Crippen molar-refractivity contribution in [2.45, 2.75) is 108 Å². The van der Waals surface area contributed by atoms with E-state index in [1.54, 1.807) is 0 Å². The third-order valence-corrected chi connectivity index (χ3v) is 6.68. The lowest BCUT2D eigenvalue weighted by Gasteiger charge is -2.34. The van der Waals surface area contributed by atoms with Gasteiger partial charge in [-0.25, -0.2) is 0 Å². The lowest BCUT2D eigenvalue weighted by molar-refractivity contribution is -0.138. The summed E-state index contributed by atoms with van der Waals surface area (Å²) in [6, 6.07) is 0.446. The molecule has 0 aromatic carbocycles. The largest absolute Gasteiger partial charge is 0.481 e. The van der Waals surface area contributed by atoms with Gasteiger partial charge in [-0.05, 0) is 82.5 Å². The molecule has 2 aliphatic carbocycles. The number of hydrogen-bond donors (Lipinski definition) is 4. The lowest BCUT2D eigenvalue weighted by Crippen LogP contribution is -2.39. The van der Waals surface area contributed by atoms with Crippen LogP contribution in [0.2, 0.25) is 0 Å². The van der Waals surface area contributed by atoms with Crippen molar-refractivity contribution in [2.75, 3.05) is 0 Å². The second-order valence-electron chi connectivity index (χ2n) is 9.30. The molecule has 0 atom stereocenters. The number of carboxylic acid groups (broad SMARTS) is 2. The second-order valence-corrected chi connectivity index (χ2v) is 9.30. The quantitative estimate of drug-likeness (QED) is 0.370. The molecule has 0 heterocycles. The minimum absolute atomic E-state index is 0.0342. The number of carbonyl (C=O) groups is 4. The van der Waals surface area contributed by atoms with Gasteiger partial charge in [0, 0.05) is 37.8 Å². The van der Waals surface area contributed by atoms with Crippen LogP contribution < -0.4 is 10.6 Å². The first-order chi connectivity index (χ1) is 14.8. The van der Waals surface area contributed by atoms with Gasteiger partial charge in [0.25, 0.3) is 0 Å². The molecule has 0 unspecified atom stereocenters. The monoisotopic (exact) mass is 438 g/mol. The lowest BCUT2D eigenvalue weighted by atomic mass is 9.75. The molecule has 0 spiro atoms. The predicted molar refractivity (Wildman–Crippen MR) is 115 cm³/mol. The molecular formula is C23H38N2O6. The summed E-state index contributed by atoms with van der Waals surface area (Å²) in [5.41, 5.74) is 0. The molecular weight excluding hydrogens is 400 g/mol. The molecule has 0 aromatic heterocycles. The Morgan fingerprint density at radius 2 is 0.935 bits per heavy atom. The maximum atomic E-state index is 11.9. The van der Waals surface area contributed by atoms with Crippen LogP contribution in [-0.4, -0.2) is 46.0 Å². The van der Waals surface area contributed by atoms with Crippen molar-refractivity contribution >= 4 is 23.8 Å². The van der Waals surface area contributed by atoms with Crippen molar-refractivity contribution in [1.82, 2.24) is 10.6 Å². The fraction of sp³-hybridized carbons (Fsp3) is 0.826. The summed E-state index contributed by atoms with van der Waals surface area (Å²) < 4.78 is 0. The third kappa shape index (κ3) is 10.6. The Bertz CT molecular complexity index is 555. The molecule has 2 rings (SSSR count). The van der Waals surface area contributed by atoms with Gasteiger partial charge in [0.1, 0.15) is 0 Å². The van der Waals surface area contributed by atoms with E-state index in [4.69, 9.17) is 10.2 Å². The molecule has 8 nitrogen and oxygen atoms in total. The molecule has 0 bridgehead atoms. The Kier molecular flexibility index (Phi) is 10.8. The highest BCUT2D eigenvalue weighted by Gasteiger charge is 2.28. The summed E-state index contributed by atoms with van der Waals surface area (Å²) >= 11 is 0. The average Bonchev–Trinajstić information content (AvgIpc) is 2.70. The number of carbonyl (C=O) groups excluding carboxylic acids is 2. The first-order valence-electron chi connectivity index (χ1n) is 11.8. The van der Waals surface area contributed by atoms with Gasteiger partial charge in [-0.3, -0.25) is 19.2 Å². The molecule has 2 aliphatic rings. The summed E-state index contributed by atoms with van der Waals surface area (Å²) in [7, 11) is 0. The zero-order valence-corrected chi connectivity index (χ0v) is 18.4. The van der Waals surface area contributed by atoms with Gasteiger partial charge >= 0.3 is 11.9 Å². The summed E-state index contributed by atoms with van der Waals surface area (Å²) in [6.07, 6.45) is 11.1. The predicted octanol–water partition coefficient (Wildman–Crippen LogP) is 3.24. The molecule has 0 saturated heterocycles. The minimum atomic E-state index is -0.861. The first-order valence-corrected chi connectivity index (χ1v) is 11.8. The van der Waals surface area contributed by atoms with E-state index in [2.05, 4.69) is 10.6 Å². The number of hydrogen-bond acceptors (Lipinski definition) is 4. The van der Waals surface area contributed by atoms with Gasteiger partial charge < -0.3 is 20.8 Å². The molecule has 8 heteroatoms. The van der Waals surface area contributed by atoms with E-state index in [0.717, 1.165) is 51.4 Å². The molecule has 176 valence electrons. The molecule has 31 heavy (non-hydrogen) atoms. The highest BCUT2D eigenvalue weighted by molar-refractivity contribution is 5.77. The van der Waals surface area contributed by atoms with Crippen LogP contribution in [0.4, 0.5) is 0 Å². The molecule has 0 aromatic rings. The van der Waals surface area contributed by atoms with Crippen LogP contribution in [0.15, 0.2) is 0 Å². The van der Waals surface area contributed by atoms with Crippen LogP contribution in [0.5, 0.6) is 0 Å². The topological polar surface area (TPSA) is 133 Å². The molecule has 4 N–H and O–H groups in total. The van der Waals surface area contributed by atoms with Crippen LogP contribution in [0.1, 0.15) is 96.3 Å². The van der Waals surface area contributed by atoms with E-state index in [0.29, 0.717) is 24.7 Å². The van der Waals surface area contributed by atoms with E-state index >= 15 is 0 Å². The van der Waals surface area contributed by atoms with Crippen LogP contribution in [0.3, 0.4) is 0 Å². The number of amides is 2. The maximum Gasteiger partial charge on any atom is 0.303 e. The number of nitrogens with one attached hydrogen (secondary N) is 2. The maximum absolute atomic E-state index is 11.9. The van der Waals surface area contributed by atoms with Crippen LogP contribution in [0.25, 0.3) is 0 Å². The van der Waals surface area contributed by atoms with Crippen molar-refractivity contribution in [1.29, 1.82) is 0 Å². The summed E-state index contributed by atoms with van der Waals surface area (Å²) in [4.78, 5) is 44.9. The number of aliphatic carboxylic acids is 2. The highest BCUT2D eigenvalue weighted by Crippen LogP contribution is 2.35. The molecule has 2 fully saturated rings. The van der Waals surface area contributed by atoms with Crippen molar-refractivity contribution in [3.05, 3.63) is 0 Å². The molecule has 2 amide bonds. The van der Waals surface area contributed by atoms with Gasteiger partial charge in [-0.1, -0.05) is 0 Å². The van der Waals surface area contributed by atoms with Gasteiger partial charge in [0.05, 0.1) is 0 Å². The van der Waals surface area contributed by atoms with Crippen molar-refractivity contribution < 1.29 is 29.4 Å². The summed E-state index contributed by atoms with van der Waals surface area (Å²) in [5.74, 6) is -0.387. The Labute approximate surface area is 184 Å². The first kappa shape index (κ1) is 25.1. The Morgan fingerprint density at radius 3 is 1.26 bits per heavy atom. The molecule has 2 saturated carbocycles. The van der Waals surface area contributed by atoms with E-state index in [1.165, 1.54) is 6.42 Å². The third-order valence-electron chi connectivity index (χ3n) is 6.68. The molecule has 0 aliphatic heterocycles. The smallest absolute Gasteiger partial charge is 0.303 e. The fourth-order valence-electron chi connectivity index (χ4n) is 4.96. The molecule has 0 radical (unpaired) electrons. The minimum Gasteiger partial charge on any atom is -0.481 e. The standard InChI is InChI=1S/C23H38N2O6/c26-20(3-1-5-22(28)29)24-18-11-7-16(8-12-18)15-17-9-13-19(14-10-17)25-21(27)4-2-6-23(30)31/h16-19H,1-15H2,(H,24,26)(H,25,27)(H,28,29)(H,30,31). The van der Waals surface area contributed by atoms with Crippen molar-refractivity contribution in [3.63, 3.8) is 0 Å². The van der Waals surface area contributed by atoms with Crippen molar-refractivity contribution in [3.8, 4) is 0 Å². The summed E-state index contributed by atoms with van der Waals surface area (Å²) in [5, 5.41) is 23.4. The van der Waals surface area contributed by atoms with Crippen molar-refractivity contribution in [2.24, 2.45) is 11.8 Å². The Balaban J connectivity index is 1.55. The number of rotatable bonds is 12. The second kappa shape index (κ2) is 13.3. The zero-order valence-electron chi connectivity index (χ0n) is 18.4. The van der Waals surface area contributed by atoms with E-state index in [9.17, 15) is 19.2 Å². The number of carboxylic acids is 2. The van der Waals surface area contributed by atoms with Gasteiger partial charge in [0.15, 0.2) is 0 Å². The average molecular weight is 439 g/mol. The van der Waals surface area contributed by atoms with Crippen LogP contribution >= 0.6 is 0 Å². The SMILES string of the molecule is O=C(O)CCCC(=O)NC1CCC(CC2CCC(NC(=O)CCCC(=O)O)CC2)CC1. The van der Waals surface area contributed by atoms with Gasteiger partial charge in [-0.15, -0.1) is 0 Å². The zero-order chi connectivity index (χ0) is 22.6. The van der Waals surface area contributed by atoms with E-state index in [-0.39, 0.29) is 49.6 Å². The van der Waals surface area contributed by atoms with Crippen LogP contribution in [-0.2, 0) is 19.2 Å². The van der Waals surface area contributed by atoms with E-state index < -0.39 is 11.9 Å². The normalized spacial score (nSPS) is 26.1. The van der Waals surface area contributed by atoms with Gasteiger partial charge in [0.2, 0.25) is 11.8 Å². The van der Waals surface area contributed by atoms with E-state index in [1.807, 2.05) is 0 Å². The van der Waals surface area contributed by atoms with Crippen LogP contribution in [0, 0.1) is 11.8 Å². The fourth-order valence-corrected chi connectivity index (χ4v) is 4.96. The summed E-state index contributed by atoms with van der Waals surface area (Å²) in [6.45, 7) is 0.